The molecule has 0 fully saturated rings. The average molecular weight is 398 g/mol. The van der Waals surface area contributed by atoms with Crippen molar-refractivity contribution in [2.24, 2.45) is 0 Å². The summed E-state index contributed by atoms with van der Waals surface area (Å²) in [6.45, 7) is 0.462. The van der Waals surface area contributed by atoms with E-state index in [1.165, 1.54) is 6.33 Å². The summed E-state index contributed by atoms with van der Waals surface area (Å²) in [6, 6.07) is 9.83. The maximum atomic E-state index is 12.1. The standard InChI is InChI=1S/C14H9ClIN3O/c15-13-12(16)14(20)19(8-18-13)7-9-3-4-11-10(6-9)2-1-5-17-11/h1-6,8H,7H2. The van der Waals surface area contributed by atoms with Crippen molar-refractivity contribution < 1.29 is 0 Å². The molecule has 0 aliphatic carbocycles. The normalized spacial score (nSPS) is 10.9. The van der Waals surface area contributed by atoms with Crippen molar-refractivity contribution in [3.8, 4) is 0 Å². The van der Waals surface area contributed by atoms with Gasteiger partial charge in [0.1, 0.15) is 8.72 Å². The molecule has 100 valence electrons. The van der Waals surface area contributed by atoms with Crippen LogP contribution in [0, 0.1) is 3.57 Å². The number of hydrogen-bond donors (Lipinski definition) is 0. The van der Waals surface area contributed by atoms with Crippen molar-refractivity contribution in [1.82, 2.24) is 14.5 Å². The van der Waals surface area contributed by atoms with Crippen molar-refractivity contribution >= 4 is 45.1 Å². The van der Waals surface area contributed by atoms with Crippen LogP contribution >= 0.6 is 34.2 Å². The Bertz CT molecular complexity index is 847. The van der Waals surface area contributed by atoms with Gasteiger partial charge in [-0.1, -0.05) is 23.7 Å². The third-order valence-electron chi connectivity index (χ3n) is 2.96. The van der Waals surface area contributed by atoms with E-state index in [9.17, 15) is 4.79 Å². The van der Waals surface area contributed by atoms with Crippen LogP contribution in [0.2, 0.25) is 5.15 Å². The zero-order valence-corrected chi connectivity index (χ0v) is 13.2. The number of fused-ring (bicyclic) bond motifs is 1. The second kappa shape index (κ2) is 5.49. The predicted octanol–water partition coefficient (Wildman–Crippen LogP) is 3.10. The maximum Gasteiger partial charge on any atom is 0.268 e. The molecule has 4 nitrogen and oxygen atoms in total. The first kappa shape index (κ1) is 13.5. The van der Waals surface area contributed by atoms with E-state index in [4.69, 9.17) is 11.6 Å². The van der Waals surface area contributed by atoms with E-state index in [0.29, 0.717) is 10.1 Å². The Hall–Kier alpha value is -1.47. The first-order chi connectivity index (χ1) is 9.65. The van der Waals surface area contributed by atoms with Gasteiger partial charge in [-0.25, -0.2) is 4.98 Å². The van der Waals surface area contributed by atoms with E-state index < -0.39 is 0 Å². The zero-order valence-electron chi connectivity index (χ0n) is 10.3. The van der Waals surface area contributed by atoms with Crippen LogP contribution in [-0.2, 0) is 6.54 Å². The lowest BCUT2D eigenvalue weighted by Crippen LogP contribution is -2.23. The Morgan fingerprint density at radius 2 is 2.10 bits per heavy atom. The molecule has 0 aliphatic rings. The Morgan fingerprint density at radius 3 is 2.95 bits per heavy atom. The van der Waals surface area contributed by atoms with Crippen LogP contribution in [0.3, 0.4) is 0 Å². The molecule has 0 amide bonds. The van der Waals surface area contributed by atoms with E-state index in [0.717, 1.165) is 16.5 Å². The summed E-state index contributed by atoms with van der Waals surface area (Å²) >= 11 is 7.74. The molecule has 2 heterocycles. The molecule has 0 atom stereocenters. The van der Waals surface area contributed by atoms with E-state index >= 15 is 0 Å². The van der Waals surface area contributed by atoms with Crippen LogP contribution in [0.25, 0.3) is 10.9 Å². The quantitative estimate of drug-likeness (QED) is 0.493. The summed E-state index contributed by atoms with van der Waals surface area (Å²) in [5.41, 5.74) is 1.83. The third kappa shape index (κ3) is 2.55. The predicted molar refractivity (Wildman–Crippen MR) is 87.1 cm³/mol. The number of hydrogen-bond acceptors (Lipinski definition) is 3. The fraction of sp³-hybridized carbons (Fsp3) is 0.0714. The summed E-state index contributed by atoms with van der Waals surface area (Å²) in [5, 5.41) is 1.30. The topological polar surface area (TPSA) is 47.8 Å². The lowest BCUT2D eigenvalue weighted by atomic mass is 10.1. The number of rotatable bonds is 2. The molecule has 1 aromatic carbocycles. The lowest BCUT2D eigenvalue weighted by Gasteiger charge is -2.07. The van der Waals surface area contributed by atoms with Gasteiger partial charge in [-0.3, -0.25) is 14.3 Å². The molecule has 3 rings (SSSR count). The molecule has 0 bridgehead atoms. The van der Waals surface area contributed by atoms with Gasteiger partial charge in [-0.2, -0.15) is 0 Å². The van der Waals surface area contributed by atoms with Crippen molar-refractivity contribution in [3.05, 3.63) is 67.5 Å². The largest absolute Gasteiger partial charge is 0.294 e. The van der Waals surface area contributed by atoms with Gasteiger partial charge in [0.05, 0.1) is 18.4 Å². The molecule has 6 heteroatoms. The molecule has 0 N–H and O–H groups in total. The number of halogens is 2. The van der Waals surface area contributed by atoms with E-state index in [1.54, 1.807) is 10.8 Å². The summed E-state index contributed by atoms with van der Waals surface area (Å²) in [7, 11) is 0. The molecule has 20 heavy (non-hydrogen) atoms. The monoisotopic (exact) mass is 397 g/mol. The fourth-order valence-corrected chi connectivity index (χ4v) is 2.55. The van der Waals surface area contributed by atoms with Crippen molar-refractivity contribution in [1.29, 1.82) is 0 Å². The van der Waals surface area contributed by atoms with Gasteiger partial charge >= 0.3 is 0 Å². The number of benzene rings is 1. The van der Waals surface area contributed by atoms with E-state index in [2.05, 4.69) is 9.97 Å². The Balaban J connectivity index is 2.01. The molecule has 0 aliphatic heterocycles. The highest BCUT2D eigenvalue weighted by Gasteiger charge is 2.07. The number of pyridine rings is 1. The lowest BCUT2D eigenvalue weighted by molar-refractivity contribution is 0.731. The third-order valence-corrected chi connectivity index (χ3v) is 4.54. The van der Waals surface area contributed by atoms with Crippen molar-refractivity contribution in [3.63, 3.8) is 0 Å². The van der Waals surface area contributed by atoms with Gasteiger partial charge in [-0.15, -0.1) is 0 Å². The molecule has 0 unspecified atom stereocenters. The highest BCUT2D eigenvalue weighted by atomic mass is 127. The molecular formula is C14H9ClIN3O. The average Bonchev–Trinajstić information content (AvgIpc) is 2.48. The van der Waals surface area contributed by atoms with Crippen LogP contribution in [0.1, 0.15) is 5.56 Å². The first-order valence-electron chi connectivity index (χ1n) is 5.89. The Kier molecular flexibility index (Phi) is 3.71. The van der Waals surface area contributed by atoms with Crippen LogP contribution < -0.4 is 5.56 Å². The molecule has 0 saturated heterocycles. The number of nitrogens with zero attached hydrogens (tertiary/aromatic N) is 3. The SMILES string of the molecule is O=c1c(I)c(Cl)ncn1Cc1ccc2ncccc2c1. The van der Waals surface area contributed by atoms with Gasteiger partial charge in [0.25, 0.3) is 5.56 Å². The zero-order chi connectivity index (χ0) is 14.1. The van der Waals surface area contributed by atoms with Crippen LogP contribution in [0.5, 0.6) is 0 Å². The van der Waals surface area contributed by atoms with E-state index in [1.807, 2.05) is 52.9 Å². The minimum atomic E-state index is -0.128. The van der Waals surface area contributed by atoms with Gasteiger partial charge < -0.3 is 0 Å². The second-order valence-electron chi connectivity index (χ2n) is 4.31. The maximum absolute atomic E-state index is 12.1. The van der Waals surface area contributed by atoms with Crippen LogP contribution in [-0.4, -0.2) is 14.5 Å². The molecule has 3 aromatic rings. The fourth-order valence-electron chi connectivity index (χ4n) is 1.98. The second-order valence-corrected chi connectivity index (χ2v) is 5.75. The van der Waals surface area contributed by atoms with Gasteiger partial charge in [0.15, 0.2) is 0 Å². The smallest absolute Gasteiger partial charge is 0.268 e. The minimum Gasteiger partial charge on any atom is -0.294 e. The summed E-state index contributed by atoms with van der Waals surface area (Å²) in [6.07, 6.45) is 3.23. The number of aromatic nitrogens is 3. The molecule has 0 radical (unpaired) electrons. The highest BCUT2D eigenvalue weighted by molar-refractivity contribution is 14.1. The Labute approximate surface area is 133 Å². The molecule has 0 saturated carbocycles. The van der Waals surface area contributed by atoms with Crippen molar-refractivity contribution in [2.75, 3.05) is 0 Å². The van der Waals surface area contributed by atoms with Gasteiger partial charge in [-0.05, 0) is 46.4 Å². The van der Waals surface area contributed by atoms with E-state index in [-0.39, 0.29) is 10.7 Å². The summed E-state index contributed by atoms with van der Waals surface area (Å²) in [5.74, 6) is 0. The van der Waals surface area contributed by atoms with Crippen molar-refractivity contribution in [2.45, 2.75) is 6.54 Å². The van der Waals surface area contributed by atoms with Gasteiger partial charge in [0, 0.05) is 11.6 Å². The highest BCUT2D eigenvalue weighted by Crippen LogP contribution is 2.14. The molecule has 2 aromatic heterocycles. The minimum absolute atomic E-state index is 0.128. The van der Waals surface area contributed by atoms with Crippen LogP contribution in [0.4, 0.5) is 0 Å². The summed E-state index contributed by atoms with van der Waals surface area (Å²) < 4.78 is 1.99. The van der Waals surface area contributed by atoms with Gasteiger partial charge in [0.2, 0.25) is 0 Å². The summed E-state index contributed by atoms with van der Waals surface area (Å²) in [4.78, 5) is 20.4. The van der Waals surface area contributed by atoms with Crippen LogP contribution in [0.15, 0.2) is 47.7 Å². The Morgan fingerprint density at radius 1 is 1.25 bits per heavy atom. The molecule has 0 spiro atoms. The molecular weight excluding hydrogens is 389 g/mol. The first-order valence-corrected chi connectivity index (χ1v) is 7.35.